The minimum absolute atomic E-state index is 0.806. The van der Waals surface area contributed by atoms with Crippen molar-refractivity contribution in [2.45, 2.75) is 6.92 Å². The van der Waals surface area contributed by atoms with Crippen molar-refractivity contribution in [3.8, 4) is 11.3 Å². The molecule has 1 fully saturated rings. The van der Waals surface area contributed by atoms with E-state index in [-0.39, 0.29) is 0 Å². The first kappa shape index (κ1) is 13.0. The van der Waals surface area contributed by atoms with Crippen LogP contribution in [-0.2, 0) is 0 Å². The van der Waals surface area contributed by atoms with Crippen LogP contribution in [0.2, 0.25) is 0 Å². The molecule has 0 aromatic carbocycles. The lowest BCUT2D eigenvalue weighted by molar-refractivity contribution is 0.312. The number of likely N-dealkylation sites (N-methyl/N-ethyl adjacent to an activating group) is 1. The zero-order valence-electron chi connectivity index (χ0n) is 12.0. The predicted molar refractivity (Wildman–Crippen MR) is 79.7 cm³/mol. The normalized spacial score (nSPS) is 16.4. The van der Waals surface area contributed by atoms with Gasteiger partial charge in [0.1, 0.15) is 11.6 Å². The predicted octanol–water partition coefficient (Wildman–Crippen LogP) is 1.60. The lowest BCUT2D eigenvalue weighted by atomic mass is 10.2. The molecule has 2 aromatic heterocycles. The van der Waals surface area contributed by atoms with Gasteiger partial charge in [0.15, 0.2) is 0 Å². The van der Waals surface area contributed by atoms with Crippen LogP contribution in [0.3, 0.4) is 0 Å². The molecule has 5 nitrogen and oxygen atoms in total. The van der Waals surface area contributed by atoms with E-state index in [0.717, 1.165) is 49.1 Å². The third-order valence-corrected chi connectivity index (χ3v) is 3.61. The molecule has 0 amide bonds. The standard InChI is InChI=1S/C15H19N5/c1-12-17-14(13-4-3-5-16-11-13)10-15(18-12)20-8-6-19(2)7-9-20/h3-5,10-11H,6-9H2,1-2H3. The van der Waals surface area contributed by atoms with Crippen molar-refractivity contribution >= 4 is 5.82 Å². The Morgan fingerprint density at radius 1 is 1.10 bits per heavy atom. The van der Waals surface area contributed by atoms with E-state index in [1.54, 1.807) is 6.20 Å². The number of anilines is 1. The van der Waals surface area contributed by atoms with E-state index in [0.29, 0.717) is 0 Å². The van der Waals surface area contributed by atoms with Gasteiger partial charge in [0.2, 0.25) is 0 Å². The maximum absolute atomic E-state index is 4.58. The number of hydrogen-bond acceptors (Lipinski definition) is 5. The zero-order chi connectivity index (χ0) is 13.9. The number of aryl methyl sites for hydroxylation is 1. The Hall–Kier alpha value is -2.01. The average Bonchev–Trinajstić information content (AvgIpc) is 2.48. The number of aromatic nitrogens is 3. The van der Waals surface area contributed by atoms with Gasteiger partial charge in [0.25, 0.3) is 0 Å². The number of hydrogen-bond donors (Lipinski definition) is 0. The molecule has 0 N–H and O–H groups in total. The minimum atomic E-state index is 0.806. The highest BCUT2D eigenvalue weighted by atomic mass is 15.3. The first-order valence-corrected chi connectivity index (χ1v) is 6.92. The first-order chi connectivity index (χ1) is 9.72. The second-order valence-electron chi connectivity index (χ2n) is 5.19. The van der Waals surface area contributed by atoms with Crippen molar-refractivity contribution in [3.05, 3.63) is 36.4 Å². The lowest BCUT2D eigenvalue weighted by Crippen LogP contribution is -2.44. The Morgan fingerprint density at radius 2 is 1.90 bits per heavy atom. The van der Waals surface area contributed by atoms with E-state index in [1.807, 2.05) is 25.3 Å². The molecular weight excluding hydrogens is 250 g/mol. The third kappa shape index (κ3) is 2.77. The van der Waals surface area contributed by atoms with Gasteiger partial charge in [0.05, 0.1) is 5.69 Å². The van der Waals surface area contributed by atoms with Gasteiger partial charge in [-0.25, -0.2) is 9.97 Å². The summed E-state index contributed by atoms with van der Waals surface area (Å²) in [6, 6.07) is 6.03. The van der Waals surface area contributed by atoms with Crippen molar-refractivity contribution in [3.63, 3.8) is 0 Å². The average molecular weight is 269 g/mol. The highest BCUT2D eigenvalue weighted by Crippen LogP contribution is 2.21. The lowest BCUT2D eigenvalue weighted by Gasteiger charge is -2.33. The number of pyridine rings is 1. The molecule has 104 valence electrons. The van der Waals surface area contributed by atoms with E-state index < -0.39 is 0 Å². The van der Waals surface area contributed by atoms with E-state index in [1.165, 1.54) is 0 Å². The summed E-state index contributed by atoms with van der Waals surface area (Å²) in [6.07, 6.45) is 3.62. The van der Waals surface area contributed by atoms with Crippen LogP contribution < -0.4 is 4.90 Å². The second kappa shape index (κ2) is 5.54. The Morgan fingerprint density at radius 3 is 2.60 bits per heavy atom. The van der Waals surface area contributed by atoms with Crippen LogP contribution in [-0.4, -0.2) is 53.1 Å². The van der Waals surface area contributed by atoms with E-state index in [9.17, 15) is 0 Å². The molecule has 2 aromatic rings. The summed E-state index contributed by atoms with van der Waals surface area (Å²) in [4.78, 5) is 17.9. The summed E-state index contributed by atoms with van der Waals surface area (Å²) in [6.45, 7) is 6.12. The van der Waals surface area contributed by atoms with Crippen molar-refractivity contribution in [2.24, 2.45) is 0 Å². The molecule has 0 spiro atoms. The van der Waals surface area contributed by atoms with Gasteiger partial charge in [-0.05, 0) is 26.1 Å². The molecule has 0 aliphatic carbocycles. The molecule has 5 heteroatoms. The van der Waals surface area contributed by atoms with Crippen LogP contribution in [0, 0.1) is 6.92 Å². The van der Waals surface area contributed by atoms with E-state index >= 15 is 0 Å². The fourth-order valence-corrected chi connectivity index (χ4v) is 2.41. The highest BCUT2D eigenvalue weighted by Gasteiger charge is 2.16. The zero-order valence-corrected chi connectivity index (χ0v) is 12.0. The summed E-state index contributed by atoms with van der Waals surface area (Å²) in [7, 11) is 2.16. The largest absolute Gasteiger partial charge is 0.354 e. The van der Waals surface area contributed by atoms with Crippen LogP contribution in [0.25, 0.3) is 11.3 Å². The van der Waals surface area contributed by atoms with Crippen molar-refractivity contribution in [1.82, 2.24) is 19.9 Å². The maximum atomic E-state index is 4.58. The van der Waals surface area contributed by atoms with Gasteiger partial charge < -0.3 is 9.80 Å². The summed E-state index contributed by atoms with van der Waals surface area (Å²) >= 11 is 0. The Balaban J connectivity index is 1.91. The van der Waals surface area contributed by atoms with Crippen molar-refractivity contribution < 1.29 is 0 Å². The molecule has 1 aliphatic rings. The SMILES string of the molecule is Cc1nc(-c2cccnc2)cc(N2CCN(C)CC2)n1. The minimum Gasteiger partial charge on any atom is -0.354 e. The topological polar surface area (TPSA) is 45.2 Å². The third-order valence-electron chi connectivity index (χ3n) is 3.61. The maximum Gasteiger partial charge on any atom is 0.132 e. The Kier molecular flexibility index (Phi) is 3.60. The second-order valence-corrected chi connectivity index (χ2v) is 5.19. The smallest absolute Gasteiger partial charge is 0.132 e. The summed E-state index contributed by atoms with van der Waals surface area (Å²) < 4.78 is 0. The van der Waals surface area contributed by atoms with Crippen molar-refractivity contribution in [2.75, 3.05) is 38.1 Å². The molecule has 0 saturated carbocycles. The molecule has 3 heterocycles. The molecule has 3 rings (SSSR count). The quantitative estimate of drug-likeness (QED) is 0.828. The Labute approximate surface area is 119 Å². The first-order valence-electron chi connectivity index (χ1n) is 6.92. The molecule has 0 radical (unpaired) electrons. The van der Waals surface area contributed by atoms with Gasteiger partial charge in [-0.2, -0.15) is 0 Å². The fraction of sp³-hybridized carbons (Fsp3) is 0.400. The van der Waals surface area contributed by atoms with Gasteiger partial charge in [-0.3, -0.25) is 4.98 Å². The van der Waals surface area contributed by atoms with Crippen LogP contribution in [0.4, 0.5) is 5.82 Å². The van der Waals surface area contributed by atoms with Crippen LogP contribution in [0.15, 0.2) is 30.6 Å². The van der Waals surface area contributed by atoms with E-state index in [2.05, 4.69) is 37.9 Å². The van der Waals surface area contributed by atoms with Gasteiger partial charge in [-0.1, -0.05) is 0 Å². The van der Waals surface area contributed by atoms with Crippen LogP contribution in [0.5, 0.6) is 0 Å². The Bertz CT molecular complexity index is 576. The fourth-order valence-electron chi connectivity index (χ4n) is 2.41. The van der Waals surface area contributed by atoms with Crippen molar-refractivity contribution in [1.29, 1.82) is 0 Å². The van der Waals surface area contributed by atoms with Crippen LogP contribution in [0.1, 0.15) is 5.82 Å². The highest BCUT2D eigenvalue weighted by molar-refractivity contribution is 5.62. The summed E-state index contributed by atoms with van der Waals surface area (Å²) in [5.41, 5.74) is 1.98. The summed E-state index contributed by atoms with van der Waals surface area (Å²) in [5, 5.41) is 0. The summed E-state index contributed by atoms with van der Waals surface area (Å²) in [5.74, 6) is 1.82. The van der Waals surface area contributed by atoms with Gasteiger partial charge >= 0.3 is 0 Å². The van der Waals surface area contributed by atoms with Gasteiger partial charge in [0, 0.05) is 50.2 Å². The molecule has 0 unspecified atom stereocenters. The molecule has 0 atom stereocenters. The van der Waals surface area contributed by atoms with E-state index in [4.69, 9.17) is 0 Å². The van der Waals surface area contributed by atoms with Crippen LogP contribution >= 0.6 is 0 Å². The molecular formula is C15H19N5. The van der Waals surface area contributed by atoms with Gasteiger partial charge in [-0.15, -0.1) is 0 Å². The number of piperazine rings is 1. The molecule has 1 saturated heterocycles. The molecule has 20 heavy (non-hydrogen) atoms. The molecule has 0 bridgehead atoms. The number of nitrogens with zero attached hydrogens (tertiary/aromatic N) is 5. The number of rotatable bonds is 2. The molecule has 1 aliphatic heterocycles. The monoisotopic (exact) mass is 269 g/mol.